The average molecular weight is 240 g/mol. The van der Waals surface area contributed by atoms with Crippen molar-refractivity contribution < 1.29 is 4.79 Å². The summed E-state index contributed by atoms with van der Waals surface area (Å²) in [5, 5.41) is 8.32. The number of amides is 1. The van der Waals surface area contributed by atoms with E-state index in [1.54, 1.807) is 4.90 Å². The summed E-state index contributed by atoms with van der Waals surface area (Å²) < 4.78 is 0. The molecule has 0 radical (unpaired) electrons. The zero-order valence-corrected chi connectivity index (χ0v) is 10.6. The van der Waals surface area contributed by atoms with Crippen LogP contribution in [0.25, 0.3) is 6.08 Å². The van der Waals surface area contributed by atoms with Gasteiger partial charge in [0.2, 0.25) is 5.91 Å². The summed E-state index contributed by atoms with van der Waals surface area (Å²) in [4.78, 5) is 13.8. The highest BCUT2D eigenvalue weighted by atomic mass is 16.2. The van der Waals surface area contributed by atoms with Gasteiger partial charge in [0, 0.05) is 11.9 Å². The lowest BCUT2D eigenvalue weighted by Crippen LogP contribution is -2.49. The van der Waals surface area contributed by atoms with Crippen LogP contribution in [-0.2, 0) is 10.3 Å². The van der Waals surface area contributed by atoms with Crippen molar-refractivity contribution in [3.63, 3.8) is 0 Å². The van der Waals surface area contributed by atoms with Gasteiger partial charge in [0.05, 0.1) is 6.42 Å². The van der Waals surface area contributed by atoms with E-state index in [4.69, 9.17) is 5.41 Å². The molecule has 1 unspecified atom stereocenters. The third-order valence-electron chi connectivity index (χ3n) is 4.05. The minimum atomic E-state index is -0.567. The summed E-state index contributed by atoms with van der Waals surface area (Å²) in [5.74, 6) is 0.210. The highest BCUT2D eigenvalue weighted by molar-refractivity contribution is 6.13. The van der Waals surface area contributed by atoms with E-state index in [1.807, 2.05) is 36.5 Å². The van der Waals surface area contributed by atoms with Crippen molar-refractivity contribution in [2.75, 3.05) is 0 Å². The Morgan fingerprint density at radius 3 is 2.78 bits per heavy atom. The molecule has 92 valence electrons. The first-order chi connectivity index (χ1) is 8.58. The van der Waals surface area contributed by atoms with Crippen LogP contribution in [0, 0.1) is 11.3 Å². The fourth-order valence-corrected chi connectivity index (χ4v) is 3.29. The van der Waals surface area contributed by atoms with Gasteiger partial charge in [0.1, 0.15) is 5.54 Å². The fourth-order valence-electron chi connectivity index (χ4n) is 3.29. The maximum Gasteiger partial charge on any atom is 0.233 e. The van der Waals surface area contributed by atoms with Crippen LogP contribution >= 0.6 is 0 Å². The summed E-state index contributed by atoms with van der Waals surface area (Å²) in [6.07, 6.45) is 4.04. The number of benzene rings is 1. The molecule has 1 N–H and O–H groups in total. The molecule has 1 amide bonds. The Labute approximate surface area is 107 Å². The third-order valence-corrected chi connectivity index (χ3v) is 4.05. The lowest BCUT2D eigenvalue weighted by molar-refractivity contribution is -0.129. The smallest absolute Gasteiger partial charge is 0.233 e. The summed E-state index contributed by atoms with van der Waals surface area (Å²) in [7, 11) is 0. The summed E-state index contributed by atoms with van der Waals surface area (Å²) >= 11 is 0. The van der Waals surface area contributed by atoms with Crippen LogP contribution in [0.3, 0.4) is 0 Å². The fraction of sp³-hybridized carbons (Fsp3) is 0.333. The Bertz CT molecular complexity index is 574. The van der Waals surface area contributed by atoms with E-state index in [-0.39, 0.29) is 18.2 Å². The molecule has 3 nitrogen and oxygen atoms in total. The maximum absolute atomic E-state index is 12.1. The van der Waals surface area contributed by atoms with Gasteiger partial charge in [-0.2, -0.15) is 0 Å². The SMILES string of the molecule is CC(C)C12C(=N)CC(=O)N1C=Cc1ccccc12. The van der Waals surface area contributed by atoms with Gasteiger partial charge in [-0.1, -0.05) is 38.1 Å². The molecular formula is C15H16N2O. The lowest BCUT2D eigenvalue weighted by Gasteiger charge is -2.43. The molecule has 1 saturated heterocycles. The first-order valence-corrected chi connectivity index (χ1v) is 6.26. The lowest BCUT2D eigenvalue weighted by atomic mass is 9.73. The molecular weight excluding hydrogens is 224 g/mol. The van der Waals surface area contributed by atoms with E-state index < -0.39 is 5.54 Å². The minimum Gasteiger partial charge on any atom is -0.306 e. The highest BCUT2D eigenvalue weighted by Crippen LogP contribution is 2.47. The number of nitrogens with one attached hydrogen (secondary N) is 1. The zero-order chi connectivity index (χ0) is 12.9. The quantitative estimate of drug-likeness (QED) is 0.806. The van der Waals surface area contributed by atoms with E-state index in [9.17, 15) is 4.79 Å². The van der Waals surface area contributed by atoms with Crippen molar-refractivity contribution in [1.82, 2.24) is 4.90 Å². The molecule has 18 heavy (non-hydrogen) atoms. The number of rotatable bonds is 1. The zero-order valence-electron chi connectivity index (χ0n) is 10.6. The Morgan fingerprint density at radius 1 is 1.33 bits per heavy atom. The van der Waals surface area contributed by atoms with E-state index in [2.05, 4.69) is 13.8 Å². The number of carbonyl (C=O) groups excluding carboxylic acids is 1. The van der Waals surface area contributed by atoms with E-state index in [0.29, 0.717) is 5.71 Å². The Kier molecular flexibility index (Phi) is 2.21. The standard InChI is InChI=1S/C15H16N2O/c1-10(2)15-12-6-4-3-5-11(12)7-8-17(15)14(18)9-13(15)16/h3-8,10,16H,9H2,1-2H3. The molecule has 1 aromatic rings. The molecule has 3 rings (SSSR count). The van der Waals surface area contributed by atoms with Crippen LogP contribution in [0.1, 0.15) is 31.4 Å². The topological polar surface area (TPSA) is 44.2 Å². The highest BCUT2D eigenvalue weighted by Gasteiger charge is 2.54. The number of hydrogen-bond acceptors (Lipinski definition) is 2. The van der Waals surface area contributed by atoms with Crippen molar-refractivity contribution in [2.24, 2.45) is 5.92 Å². The third kappa shape index (κ3) is 1.14. The van der Waals surface area contributed by atoms with Crippen LogP contribution in [-0.4, -0.2) is 16.5 Å². The van der Waals surface area contributed by atoms with Crippen LogP contribution < -0.4 is 0 Å². The number of fused-ring (bicyclic) bond motifs is 3. The molecule has 3 heteroatoms. The molecule has 1 atom stereocenters. The summed E-state index contributed by atoms with van der Waals surface area (Å²) in [6, 6.07) is 8.06. The minimum absolute atomic E-state index is 0.0273. The van der Waals surface area contributed by atoms with Crippen molar-refractivity contribution in [3.05, 3.63) is 41.6 Å². The Morgan fingerprint density at radius 2 is 2.06 bits per heavy atom. The second-order valence-electron chi connectivity index (χ2n) is 5.24. The molecule has 0 aromatic heterocycles. The molecule has 0 bridgehead atoms. The molecule has 0 saturated carbocycles. The largest absolute Gasteiger partial charge is 0.306 e. The normalized spacial score (nSPS) is 25.6. The first kappa shape index (κ1) is 11.2. The molecule has 0 spiro atoms. The number of nitrogens with zero attached hydrogens (tertiary/aromatic N) is 1. The van der Waals surface area contributed by atoms with Crippen LogP contribution in [0.2, 0.25) is 0 Å². The van der Waals surface area contributed by atoms with Gasteiger partial charge in [0.15, 0.2) is 0 Å². The average Bonchev–Trinajstić information content (AvgIpc) is 2.62. The van der Waals surface area contributed by atoms with Crippen LogP contribution in [0.15, 0.2) is 30.5 Å². The molecule has 0 aliphatic carbocycles. The van der Waals surface area contributed by atoms with Crippen molar-refractivity contribution in [2.45, 2.75) is 25.8 Å². The van der Waals surface area contributed by atoms with Crippen LogP contribution in [0.4, 0.5) is 0 Å². The molecule has 2 aliphatic rings. The number of hydrogen-bond donors (Lipinski definition) is 1. The van der Waals surface area contributed by atoms with Gasteiger partial charge in [0.25, 0.3) is 0 Å². The van der Waals surface area contributed by atoms with Crippen molar-refractivity contribution in [3.8, 4) is 0 Å². The van der Waals surface area contributed by atoms with E-state index in [1.165, 1.54) is 0 Å². The number of carbonyl (C=O) groups is 1. The van der Waals surface area contributed by atoms with Gasteiger partial charge in [-0.25, -0.2) is 0 Å². The predicted molar refractivity (Wildman–Crippen MR) is 71.2 cm³/mol. The molecule has 1 aromatic carbocycles. The van der Waals surface area contributed by atoms with Gasteiger partial charge in [-0.05, 0) is 23.1 Å². The maximum atomic E-state index is 12.1. The van der Waals surface area contributed by atoms with Gasteiger partial charge >= 0.3 is 0 Å². The second kappa shape index (κ2) is 3.55. The van der Waals surface area contributed by atoms with E-state index in [0.717, 1.165) is 11.1 Å². The van der Waals surface area contributed by atoms with Crippen molar-refractivity contribution in [1.29, 1.82) is 5.41 Å². The van der Waals surface area contributed by atoms with Gasteiger partial charge < -0.3 is 10.3 Å². The monoisotopic (exact) mass is 240 g/mol. The Hall–Kier alpha value is -1.90. The predicted octanol–water partition coefficient (Wildman–Crippen LogP) is 2.77. The van der Waals surface area contributed by atoms with Gasteiger partial charge in [-0.15, -0.1) is 0 Å². The molecule has 2 heterocycles. The summed E-state index contributed by atoms with van der Waals surface area (Å²) in [6.45, 7) is 4.16. The molecule has 1 fully saturated rings. The van der Waals surface area contributed by atoms with E-state index >= 15 is 0 Å². The summed E-state index contributed by atoms with van der Waals surface area (Å²) in [5.41, 5.74) is 2.14. The van der Waals surface area contributed by atoms with Crippen LogP contribution in [0.5, 0.6) is 0 Å². The van der Waals surface area contributed by atoms with Crippen molar-refractivity contribution >= 4 is 17.7 Å². The first-order valence-electron chi connectivity index (χ1n) is 6.26. The second-order valence-corrected chi connectivity index (χ2v) is 5.24. The Balaban J connectivity index is 2.33. The molecule has 2 aliphatic heterocycles. The van der Waals surface area contributed by atoms with Gasteiger partial charge in [-0.3, -0.25) is 4.79 Å².